The minimum atomic E-state index is -1.39. The number of rotatable bonds is 5. The SMILES string of the molecule is CC(CCO)NC(=O)c1cc(F)cc([N+](=O)[O-])c1F. The lowest BCUT2D eigenvalue weighted by Crippen LogP contribution is -2.33. The van der Waals surface area contributed by atoms with Gasteiger partial charge in [-0.3, -0.25) is 14.9 Å². The molecule has 8 heteroatoms. The molecule has 0 saturated carbocycles. The van der Waals surface area contributed by atoms with Crippen molar-refractivity contribution in [3.8, 4) is 0 Å². The summed E-state index contributed by atoms with van der Waals surface area (Å²) < 4.78 is 26.8. The van der Waals surface area contributed by atoms with Crippen LogP contribution in [0.4, 0.5) is 14.5 Å². The van der Waals surface area contributed by atoms with Gasteiger partial charge in [0.25, 0.3) is 5.91 Å². The predicted octanol–water partition coefficient (Wildman–Crippen LogP) is 1.37. The van der Waals surface area contributed by atoms with E-state index in [0.717, 1.165) is 0 Å². The number of halogens is 2. The molecule has 19 heavy (non-hydrogen) atoms. The Morgan fingerprint density at radius 1 is 1.53 bits per heavy atom. The standard InChI is InChI=1S/C11H12F2N2O4/c1-6(2-3-16)14-11(17)8-4-7(12)5-9(10(8)13)15(18)19/h4-6,16H,2-3H2,1H3,(H,14,17). The lowest BCUT2D eigenvalue weighted by Gasteiger charge is -2.12. The van der Waals surface area contributed by atoms with Crippen LogP contribution in [-0.4, -0.2) is 28.6 Å². The average Bonchev–Trinajstić information content (AvgIpc) is 2.31. The van der Waals surface area contributed by atoms with Gasteiger partial charge in [0.15, 0.2) is 0 Å². The highest BCUT2D eigenvalue weighted by Gasteiger charge is 2.24. The highest BCUT2D eigenvalue weighted by atomic mass is 19.1. The van der Waals surface area contributed by atoms with E-state index < -0.39 is 39.8 Å². The maximum absolute atomic E-state index is 13.7. The molecule has 0 radical (unpaired) electrons. The third kappa shape index (κ3) is 3.68. The summed E-state index contributed by atoms with van der Waals surface area (Å²) in [6.07, 6.45) is 0.227. The van der Waals surface area contributed by atoms with E-state index in [1.165, 1.54) is 0 Å². The fourth-order valence-corrected chi connectivity index (χ4v) is 1.44. The molecule has 0 aliphatic rings. The third-order valence-corrected chi connectivity index (χ3v) is 2.40. The van der Waals surface area contributed by atoms with Crippen molar-refractivity contribution in [1.29, 1.82) is 0 Å². The van der Waals surface area contributed by atoms with Gasteiger partial charge in [0.1, 0.15) is 5.82 Å². The monoisotopic (exact) mass is 274 g/mol. The Morgan fingerprint density at radius 3 is 2.68 bits per heavy atom. The van der Waals surface area contributed by atoms with Gasteiger partial charge in [0.2, 0.25) is 5.82 Å². The third-order valence-electron chi connectivity index (χ3n) is 2.40. The number of nitrogens with one attached hydrogen (secondary N) is 1. The minimum Gasteiger partial charge on any atom is -0.396 e. The Bertz CT molecular complexity index is 508. The highest BCUT2D eigenvalue weighted by Crippen LogP contribution is 2.22. The summed E-state index contributed by atoms with van der Waals surface area (Å²) in [7, 11) is 0. The number of hydrogen-bond donors (Lipinski definition) is 2. The molecule has 1 rings (SSSR count). The smallest absolute Gasteiger partial charge is 0.308 e. The molecule has 6 nitrogen and oxygen atoms in total. The number of hydrogen-bond acceptors (Lipinski definition) is 4. The zero-order chi connectivity index (χ0) is 14.6. The van der Waals surface area contributed by atoms with E-state index >= 15 is 0 Å². The number of nitro groups is 1. The van der Waals surface area contributed by atoms with Crippen molar-refractivity contribution < 1.29 is 23.6 Å². The van der Waals surface area contributed by atoms with Crippen LogP contribution in [0.15, 0.2) is 12.1 Å². The Morgan fingerprint density at radius 2 is 2.16 bits per heavy atom. The average molecular weight is 274 g/mol. The quantitative estimate of drug-likeness (QED) is 0.626. The molecule has 0 aliphatic carbocycles. The first-order chi connectivity index (χ1) is 8.86. The molecule has 2 N–H and O–H groups in total. The van der Waals surface area contributed by atoms with Crippen LogP contribution < -0.4 is 5.32 Å². The summed E-state index contributed by atoms with van der Waals surface area (Å²) >= 11 is 0. The first-order valence-corrected chi connectivity index (χ1v) is 5.42. The number of carbonyl (C=O) groups excluding carboxylic acids is 1. The molecular formula is C11H12F2N2O4. The van der Waals surface area contributed by atoms with E-state index in [9.17, 15) is 23.7 Å². The van der Waals surface area contributed by atoms with E-state index in [2.05, 4.69) is 5.32 Å². The van der Waals surface area contributed by atoms with Crippen LogP contribution in [0.25, 0.3) is 0 Å². The molecule has 1 amide bonds. The van der Waals surface area contributed by atoms with Crippen molar-refractivity contribution in [1.82, 2.24) is 5.32 Å². The van der Waals surface area contributed by atoms with Crippen molar-refractivity contribution in [2.45, 2.75) is 19.4 Å². The Hall–Kier alpha value is -2.09. The van der Waals surface area contributed by atoms with Gasteiger partial charge in [-0.25, -0.2) is 4.39 Å². The van der Waals surface area contributed by atoms with Crippen molar-refractivity contribution in [3.63, 3.8) is 0 Å². The van der Waals surface area contributed by atoms with Crippen molar-refractivity contribution in [2.24, 2.45) is 0 Å². The maximum Gasteiger partial charge on any atom is 0.308 e. The van der Waals surface area contributed by atoms with E-state index in [4.69, 9.17) is 5.11 Å². The molecule has 0 aliphatic heterocycles. The zero-order valence-electron chi connectivity index (χ0n) is 10.0. The van der Waals surface area contributed by atoms with Crippen molar-refractivity contribution in [2.75, 3.05) is 6.61 Å². The van der Waals surface area contributed by atoms with E-state index in [1.54, 1.807) is 6.92 Å². The second kappa shape index (κ2) is 6.19. The van der Waals surface area contributed by atoms with Crippen molar-refractivity contribution >= 4 is 11.6 Å². The molecule has 1 unspecified atom stereocenters. The van der Waals surface area contributed by atoms with Gasteiger partial charge in [-0.15, -0.1) is 0 Å². The van der Waals surface area contributed by atoms with Gasteiger partial charge in [-0.05, 0) is 19.4 Å². The summed E-state index contributed by atoms with van der Waals surface area (Å²) in [5, 5.41) is 21.5. The molecule has 0 heterocycles. The predicted molar refractivity (Wildman–Crippen MR) is 61.6 cm³/mol. The number of aliphatic hydroxyl groups is 1. The summed E-state index contributed by atoms with van der Waals surface area (Å²) in [5.74, 6) is -3.44. The van der Waals surface area contributed by atoms with Gasteiger partial charge < -0.3 is 10.4 Å². The van der Waals surface area contributed by atoms with Gasteiger partial charge in [-0.1, -0.05) is 0 Å². The first-order valence-electron chi connectivity index (χ1n) is 5.42. The van der Waals surface area contributed by atoms with E-state index in [-0.39, 0.29) is 13.0 Å². The van der Waals surface area contributed by atoms with Gasteiger partial charge in [-0.2, -0.15) is 4.39 Å². The topological polar surface area (TPSA) is 92.5 Å². The number of carbonyl (C=O) groups is 1. The molecule has 0 aromatic heterocycles. The van der Waals surface area contributed by atoms with Crippen molar-refractivity contribution in [3.05, 3.63) is 39.4 Å². The Labute approximate surface area is 107 Å². The van der Waals surface area contributed by atoms with Gasteiger partial charge in [0.05, 0.1) is 16.6 Å². The molecule has 0 fully saturated rings. The van der Waals surface area contributed by atoms with Crippen LogP contribution in [0.2, 0.25) is 0 Å². The molecule has 1 aromatic carbocycles. The number of benzene rings is 1. The van der Waals surface area contributed by atoms with Crippen LogP contribution in [0, 0.1) is 21.7 Å². The lowest BCUT2D eigenvalue weighted by molar-refractivity contribution is -0.387. The highest BCUT2D eigenvalue weighted by molar-refractivity contribution is 5.95. The fraction of sp³-hybridized carbons (Fsp3) is 0.364. The van der Waals surface area contributed by atoms with Crippen LogP contribution in [-0.2, 0) is 0 Å². The maximum atomic E-state index is 13.7. The zero-order valence-corrected chi connectivity index (χ0v) is 10.0. The normalized spacial score (nSPS) is 12.0. The van der Waals surface area contributed by atoms with Crippen LogP contribution in [0.3, 0.4) is 0 Å². The minimum absolute atomic E-state index is 0.187. The molecule has 0 spiro atoms. The molecule has 0 saturated heterocycles. The fourth-order valence-electron chi connectivity index (χ4n) is 1.44. The number of aliphatic hydroxyl groups excluding tert-OH is 1. The van der Waals surface area contributed by atoms with Gasteiger partial charge in [0, 0.05) is 12.6 Å². The second-order valence-electron chi connectivity index (χ2n) is 3.93. The summed E-state index contributed by atoms with van der Waals surface area (Å²) in [6, 6.07) is 0.520. The van der Waals surface area contributed by atoms with Gasteiger partial charge >= 0.3 is 5.69 Å². The van der Waals surface area contributed by atoms with E-state index in [1.807, 2.05) is 0 Å². The van der Waals surface area contributed by atoms with E-state index in [0.29, 0.717) is 12.1 Å². The van der Waals surface area contributed by atoms with Crippen LogP contribution >= 0.6 is 0 Å². The Kier molecular flexibility index (Phi) is 4.87. The molecular weight excluding hydrogens is 262 g/mol. The lowest BCUT2D eigenvalue weighted by atomic mass is 10.1. The molecule has 1 atom stereocenters. The Balaban J connectivity index is 3.06. The molecule has 0 bridgehead atoms. The van der Waals surface area contributed by atoms with Crippen LogP contribution in [0.1, 0.15) is 23.7 Å². The summed E-state index contributed by atoms with van der Waals surface area (Å²) in [5.41, 5.74) is -1.84. The number of nitro benzene ring substituents is 1. The summed E-state index contributed by atoms with van der Waals surface area (Å²) in [6.45, 7) is 1.37. The second-order valence-corrected chi connectivity index (χ2v) is 3.93. The van der Waals surface area contributed by atoms with Crippen LogP contribution in [0.5, 0.6) is 0 Å². The number of nitrogens with zero attached hydrogens (tertiary/aromatic N) is 1. The number of amides is 1. The molecule has 1 aromatic rings. The summed E-state index contributed by atoms with van der Waals surface area (Å²) in [4.78, 5) is 21.1. The largest absolute Gasteiger partial charge is 0.396 e. The first kappa shape index (κ1) is 15.0. The molecule has 104 valence electrons.